The van der Waals surface area contributed by atoms with Crippen molar-refractivity contribution in [1.29, 1.82) is 0 Å². The molecule has 0 bridgehead atoms. The van der Waals surface area contributed by atoms with Crippen LogP contribution in [0.3, 0.4) is 0 Å². The number of benzene rings is 2. The van der Waals surface area contributed by atoms with Crippen molar-refractivity contribution in [3.8, 4) is 0 Å². The summed E-state index contributed by atoms with van der Waals surface area (Å²) < 4.78 is 42.0. The molecule has 0 aliphatic rings. The van der Waals surface area contributed by atoms with Gasteiger partial charge in [-0.15, -0.1) is 0 Å². The number of para-hydroxylation sites is 1. The third-order valence-electron chi connectivity index (χ3n) is 5.64. The van der Waals surface area contributed by atoms with Crippen LogP contribution in [0.5, 0.6) is 0 Å². The van der Waals surface area contributed by atoms with Gasteiger partial charge in [0.2, 0.25) is 5.91 Å². The van der Waals surface area contributed by atoms with E-state index in [1.54, 1.807) is 18.7 Å². The number of nitrogens with one attached hydrogen (secondary N) is 1. The summed E-state index contributed by atoms with van der Waals surface area (Å²) in [6.07, 6.45) is -2.74. The highest BCUT2D eigenvalue weighted by Crippen LogP contribution is 2.34. The maximum Gasteiger partial charge on any atom is 0.418 e. The van der Waals surface area contributed by atoms with Gasteiger partial charge in [-0.3, -0.25) is 4.79 Å². The van der Waals surface area contributed by atoms with E-state index in [9.17, 15) is 22.8 Å². The molecular formula is C26H29F3N4O2. The summed E-state index contributed by atoms with van der Waals surface area (Å²) in [5.41, 5.74) is 0.537. The second-order valence-corrected chi connectivity index (χ2v) is 8.54. The fourth-order valence-electron chi connectivity index (χ4n) is 3.65. The van der Waals surface area contributed by atoms with Gasteiger partial charge in [0.05, 0.1) is 17.8 Å². The minimum atomic E-state index is -4.62. The molecule has 0 spiro atoms. The topological polar surface area (TPSA) is 57.6 Å². The van der Waals surface area contributed by atoms with Crippen LogP contribution >= 0.6 is 0 Å². The molecule has 6 nitrogen and oxygen atoms in total. The lowest BCUT2D eigenvalue weighted by molar-refractivity contribution is -0.137. The lowest BCUT2D eigenvalue weighted by Crippen LogP contribution is -2.47. The van der Waals surface area contributed by atoms with Crippen molar-refractivity contribution in [3.05, 3.63) is 89.7 Å². The van der Waals surface area contributed by atoms with Gasteiger partial charge in [0, 0.05) is 31.5 Å². The highest BCUT2D eigenvalue weighted by Gasteiger charge is 2.34. The number of carbonyl (C=O) groups is 2. The predicted molar refractivity (Wildman–Crippen MR) is 128 cm³/mol. The maximum atomic E-state index is 13.4. The van der Waals surface area contributed by atoms with Crippen molar-refractivity contribution in [3.63, 3.8) is 0 Å². The molecule has 186 valence electrons. The van der Waals surface area contributed by atoms with E-state index in [0.29, 0.717) is 13.1 Å². The van der Waals surface area contributed by atoms with Crippen LogP contribution in [-0.2, 0) is 31.1 Å². The highest BCUT2D eigenvalue weighted by atomic mass is 19.4. The van der Waals surface area contributed by atoms with Crippen LogP contribution in [-0.4, -0.2) is 38.9 Å². The zero-order valence-electron chi connectivity index (χ0n) is 19.9. The number of halogens is 3. The van der Waals surface area contributed by atoms with Crippen molar-refractivity contribution >= 4 is 17.6 Å². The average Bonchev–Trinajstić information content (AvgIpc) is 3.21. The van der Waals surface area contributed by atoms with Gasteiger partial charge in [0.25, 0.3) is 0 Å². The minimum absolute atomic E-state index is 0.283. The molecule has 0 aliphatic heterocycles. The van der Waals surface area contributed by atoms with Gasteiger partial charge in [0.15, 0.2) is 0 Å². The summed E-state index contributed by atoms with van der Waals surface area (Å²) in [6.45, 7) is 3.79. The molecule has 0 saturated carbocycles. The monoisotopic (exact) mass is 486 g/mol. The van der Waals surface area contributed by atoms with E-state index in [4.69, 9.17) is 0 Å². The number of aryl methyl sites for hydroxylation is 1. The molecule has 0 atom stereocenters. The van der Waals surface area contributed by atoms with Crippen molar-refractivity contribution in [2.75, 3.05) is 11.9 Å². The summed E-state index contributed by atoms with van der Waals surface area (Å²) in [6, 6.07) is 16.8. The first-order valence-corrected chi connectivity index (χ1v) is 11.2. The van der Waals surface area contributed by atoms with Gasteiger partial charge in [-0.25, -0.2) is 4.79 Å². The first-order chi connectivity index (χ1) is 16.6. The number of carbonyl (C=O) groups excluding carboxylic acids is 2. The van der Waals surface area contributed by atoms with Crippen LogP contribution in [0.2, 0.25) is 0 Å². The van der Waals surface area contributed by atoms with Gasteiger partial charge in [-0.2, -0.15) is 13.2 Å². The smallest absolute Gasteiger partial charge is 0.353 e. The van der Waals surface area contributed by atoms with E-state index >= 15 is 0 Å². The summed E-state index contributed by atoms with van der Waals surface area (Å²) >= 11 is 0. The Bertz CT molecular complexity index is 1140. The lowest BCUT2D eigenvalue weighted by Gasteiger charge is -2.30. The van der Waals surface area contributed by atoms with Crippen LogP contribution in [0.15, 0.2) is 72.9 Å². The summed E-state index contributed by atoms with van der Waals surface area (Å²) in [5.74, 6) is -0.317. The highest BCUT2D eigenvalue weighted by molar-refractivity contribution is 5.93. The number of anilines is 1. The first kappa shape index (κ1) is 25.9. The van der Waals surface area contributed by atoms with Crippen LogP contribution in [0.1, 0.15) is 30.7 Å². The standard InChI is InChI=1S/C26H29F3N4O2/c1-19(2)33(25(35)30-23-14-8-7-13-22(23)26(27,28)29)18-24(34)32(16-20-10-5-4-6-11-20)17-21-12-9-15-31(21)3/h4-15,19H,16-18H2,1-3H3,(H,30,35). The second-order valence-electron chi connectivity index (χ2n) is 8.54. The summed E-state index contributed by atoms with van der Waals surface area (Å²) in [4.78, 5) is 29.3. The number of aromatic nitrogens is 1. The van der Waals surface area contributed by atoms with Crippen molar-refractivity contribution in [1.82, 2.24) is 14.4 Å². The van der Waals surface area contributed by atoms with E-state index in [1.165, 1.54) is 23.1 Å². The Labute approximate surface area is 203 Å². The molecule has 0 radical (unpaired) electrons. The zero-order chi connectivity index (χ0) is 25.6. The number of urea groups is 1. The van der Waals surface area contributed by atoms with E-state index in [2.05, 4.69) is 5.32 Å². The first-order valence-electron chi connectivity index (χ1n) is 11.2. The fourth-order valence-corrected chi connectivity index (χ4v) is 3.65. The molecule has 0 aliphatic carbocycles. The molecule has 3 rings (SSSR count). The molecule has 1 aromatic heterocycles. The van der Waals surface area contributed by atoms with Crippen molar-refractivity contribution in [2.45, 2.75) is 39.2 Å². The van der Waals surface area contributed by atoms with Gasteiger partial charge in [-0.1, -0.05) is 42.5 Å². The van der Waals surface area contributed by atoms with Crippen molar-refractivity contribution < 1.29 is 22.8 Å². The molecule has 2 aromatic carbocycles. The van der Waals surface area contributed by atoms with E-state index in [-0.39, 0.29) is 18.1 Å². The van der Waals surface area contributed by atoms with Crippen LogP contribution in [0, 0.1) is 0 Å². The Morgan fingerprint density at radius 2 is 1.60 bits per heavy atom. The Morgan fingerprint density at radius 1 is 0.943 bits per heavy atom. The summed E-state index contributed by atoms with van der Waals surface area (Å²) in [7, 11) is 1.88. The summed E-state index contributed by atoms with van der Waals surface area (Å²) in [5, 5.41) is 2.34. The van der Waals surface area contributed by atoms with E-state index in [1.807, 2.05) is 60.3 Å². The zero-order valence-corrected chi connectivity index (χ0v) is 19.9. The second kappa shape index (κ2) is 11.1. The SMILES string of the molecule is CC(C)N(CC(=O)N(Cc1ccccc1)Cc1cccn1C)C(=O)Nc1ccccc1C(F)(F)F. The molecule has 3 amide bonds. The Morgan fingerprint density at radius 3 is 2.20 bits per heavy atom. The Hall–Kier alpha value is -3.75. The quantitative estimate of drug-likeness (QED) is 0.456. The Balaban J connectivity index is 1.80. The van der Waals surface area contributed by atoms with Gasteiger partial charge < -0.3 is 19.7 Å². The largest absolute Gasteiger partial charge is 0.418 e. The molecule has 3 aromatic rings. The van der Waals surface area contributed by atoms with E-state index in [0.717, 1.165) is 17.3 Å². The molecule has 1 heterocycles. The minimum Gasteiger partial charge on any atom is -0.353 e. The maximum absolute atomic E-state index is 13.4. The number of hydrogen-bond acceptors (Lipinski definition) is 2. The molecule has 0 unspecified atom stereocenters. The van der Waals surface area contributed by atoms with Gasteiger partial charge >= 0.3 is 12.2 Å². The van der Waals surface area contributed by atoms with E-state index < -0.39 is 23.8 Å². The predicted octanol–water partition coefficient (Wildman–Crippen LogP) is 5.52. The normalized spacial score (nSPS) is 11.4. The number of nitrogens with zero attached hydrogens (tertiary/aromatic N) is 3. The lowest BCUT2D eigenvalue weighted by atomic mass is 10.1. The van der Waals surface area contributed by atoms with Crippen LogP contribution in [0.4, 0.5) is 23.7 Å². The fraction of sp³-hybridized carbons (Fsp3) is 0.308. The van der Waals surface area contributed by atoms with Crippen molar-refractivity contribution in [2.24, 2.45) is 7.05 Å². The molecule has 35 heavy (non-hydrogen) atoms. The van der Waals surface area contributed by atoms with Crippen LogP contribution < -0.4 is 5.32 Å². The molecule has 0 fully saturated rings. The van der Waals surface area contributed by atoms with Crippen LogP contribution in [0.25, 0.3) is 0 Å². The van der Waals surface area contributed by atoms with Gasteiger partial charge in [-0.05, 0) is 43.7 Å². The molecule has 9 heteroatoms. The third-order valence-corrected chi connectivity index (χ3v) is 5.64. The molecule has 0 saturated heterocycles. The van der Waals surface area contributed by atoms with Gasteiger partial charge in [0.1, 0.15) is 6.54 Å². The number of hydrogen-bond donors (Lipinski definition) is 1. The average molecular weight is 487 g/mol. The molecular weight excluding hydrogens is 457 g/mol. The number of alkyl halides is 3. The number of amides is 3. The Kier molecular flexibility index (Phi) is 8.22. The molecule has 1 N–H and O–H groups in total. The third kappa shape index (κ3) is 6.88. The number of rotatable bonds is 8.